The van der Waals surface area contributed by atoms with Crippen LogP contribution in [0, 0.1) is 6.92 Å². The highest BCUT2D eigenvalue weighted by atomic mass is 32.2. The maximum absolute atomic E-state index is 12.9. The number of nitrogens with zero attached hydrogens (tertiary/aromatic N) is 2. The predicted octanol–water partition coefficient (Wildman–Crippen LogP) is 2.05. The van der Waals surface area contributed by atoms with Gasteiger partial charge in [-0.15, -0.1) is 0 Å². The van der Waals surface area contributed by atoms with Crippen molar-refractivity contribution in [1.29, 1.82) is 0 Å². The third-order valence-electron chi connectivity index (χ3n) is 3.43. The molecule has 1 unspecified atom stereocenters. The van der Waals surface area contributed by atoms with Gasteiger partial charge in [0.2, 0.25) is 10.0 Å². The summed E-state index contributed by atoms with van der Waals surface area (Å²) in [5, 5.41) is 9.27. The summed E-state index contributed by atoms with van der Waals surface area (Å²) >= 11 is 0. The summed E-state index contributed by atoms with van der Waals surface area (Å²) in [6.45, 7) is 3.06. The van der Waals surface area contributed by atoms with E-state index in [2.05, 4.69) is 4.98 Å². The Kier molecular flexibility index (Phi) is 5.12. The molecule has 0 spiro atoms. The number of carboxylic acid groups (broad SMARTS) is 1. The van der Waals surface area contributed by atoms with E-state index < -0.39 is 22.0 Å². The van der Waals surface area contributed by atoms with Crippen molar-refractivity contribution < 1.29 is 18.3 Å². The molecule has 2 rings (SSSR count). The number of carbonyl (C=O) groups is 1. The maximum Gasteiger partial charge on any atom is 0.321 e. The fourth-order valence-corrected chi connectivity index (χ4v) is 3.75. The number of benzene rings is 1. The molecule has 122 valence electrons. The van der Waals surface area contributed by atoms with Gasteiger partial charge in [0.1, 0.15) is 10.9 Å². The van der Waals surface area contributed by atoms with E-state index in [0.717, 1.165) is 4.31 Å². The lowest BCUT2D eigenvalue weighted by atomic mass is 10.2. The number of aryl methyl sites for hydroxylation is 1. The average molecular weight is 334 g/mol. The Labute approximate surface area is 135 Å². The first-order chi connectivity index (χ1) is 10.8. The summed E-state index contributed by atoms with van der Waals surface area (Å²) in [4.78, 5) is 15.2. The van der Waals surface area contributed by atoms with Crippen LogP contribution in [0.4, 0.5) is 0 Å². The zero-order valence-electron chi connectivity index (χ0n) is 12.9. The number of hydrogen-bond donors (Lipinski definition) is 1. The van der Waals surface area contributed by atoms with Crippen molar-refractivity contribution in [2.45, 2.75) is 31.3 Å². The highest BCUT2D eigenvalue weighted by molar-refractivity contribution is 7.89. The van der Waals surface area contributed by atoms with Gasteiger partial charge in [-0.3, -0.25) is 9.78 Å². The number of sulfonamides is 1. The number of pyridine rings is 1. The van der Waals surface area contributed by atoms with E-state index in [1.165, 1.54) is 19.2 Å². The minimum Gasteiger partial charge on any atom is -0.480 e. The maximum atomic E-state index is 12.9. The zero-order valence-corrected chi connectivity index (χ0v) is 13.7. The Hall–Kier alpha value is -2.25. The number of carboxylic acids is 1. The lowest BCUT2D eigenvalue weighted by Crippen LogP contribution is -2.42. The van der Waals surface area contributed by atoms with Crippen LogP contribution in [-0.4, -0.2) is 34.8 Å². The van der Waals surface area contributed by atoms with Crippen molar-refractivity contribution in [2.75, 3.05) is 0 Å². The molecule has 0 saturated carbocycles. The van der Waals surface area contributed by atoms with Crippen LogP contribution in [-0.2, 0) is 21.4 Å². The molecular weight excluding hydrogens is 316 g/mol. The van der Waals surface area contributed by atoms with Crippen LogP contribution in [0.3, 0.4) is 0 Å². The molecule has 0 bridgehead atoms. The van der Waals surface area contributed by atoms with Gasteiger partial charge in [0.25, 0.3) is 0 Å². The van der Waals surface area contributed by atoms with Crippen molar-refractivity contribution in [3.8, 4) is 0 Å². The quantitative estimate of drug-likeness (QED) is 0.873. The van der Waals surface area contributed by atoms with Gasteiger partial charge in [0.15, 0.2) is 0 Å². The molecule has 1 N–H and O–H groups in total. The summed E-state index contributed by atoms with van der Waals surface area (Å²) in [6.07, 6.45) is 2.77. The Morgan fingerprint density at radius 1 is 1.26 bits per heavy atom. The van der Waals surface area contributed by atoms with E-state index in [1.54, 1.807) is 37.4 Å². The molecule has 1 aromatic carbocycles. The van der Waals surface area contributed by atoms with Crippen LogP contribution >= 0.6 is 0 Å². The van der Waals surface area contributed by atoms with Gasteiger partial charge < -0.3 is 5.11 Å². The van der Waals surface area contributed by atoms with Crippen molar-refractivity contribution in [3.63, 3.8) is 0 Å². The van der Waals surface area contributed by atoms with Gasteiger partial charge in [-0.2, -0.15) is 4.31 Å². The fraction of sp³-hybridized carbons (Fsp3) is 0.250. The Morgan fingerprint density at radius 2 is 1.91 bits per heavy atom. The highest BCUT2D eigenvalue weighted by Crippen LogP contribution is 2.21. The first-order valence-electron chi connectivity index (χ1n) is 7.02. The standard InChI is InChI=1S/C16H18N2O4S/c1-12-8-15(10-17-9-12)23(21,22)18(13(2)16(19)20)11-14-6-4-3-5-7-14/h3-10,13H,11H2,1-2H3,(H,19,20). The minimum absolute atomic E-state index is 0.0125. The van der Waals surface area contributed by atoms with Gasteiger partial charge >= 0.3 is 5.97 Å². The Morgan fingerprint density at radius 3 is 2.48 bits per heavy atom. The minimum atomic E-state index is -3.98. The number of aliphatic carboxylic acids is 1. The van der Waals surface area contributed by atoms with Crippen molar-refractivity contribution in [1.82, 2.24) is 9.29 Å². The Bertz CT molecular complexity index is 791. The highest BCUT2D eigenvalue weighted by Gasteiger charge is 2.33. The molecule has 0 aliphatic rings. The van der Waals surface area contributed by atoms with Gasteiger partial charge in [0.05, 0.1) is 0 Å². The van der Waals surface area contributed by atoms with E-state index in [-0.39, 0.29) is 11.4 Å². The third-order valence-corrected chi connectivity index (χ3v) is 5.31. The molecule has 0 amide bonds. The van der Waals surface area contributed by atoms with Crippen LogP contribution in [0.2, 0.25) is 0 Å². The second kappa shape index (κ2) is 6.89. The largest absolute Gasteiger partial charge is 0.480 e. The van der Waals surface area contributed by atoms with Crippen LogP contribution in [0.1, 0.15) is 18.1 Å². The smallest absolute Gasteiger partial charge is 0.321 e. The van der Waals surface area contributed by atoms with Crippen molar-refractivity contribution >= 4 is 16.0 Å². The Balaban J connectivity index is 2.46. The first kappa shape index (κ1) is 17.1. The van der Waals surface area contributed by atoms with E-state index in [4.69, 9.17) is 0 Å². The molecule has 0 aliphatic heterocycles. The summed E-state index contributed by atoms with van der Waals surface area (Å²) in [6, 6.07) is 9.17. The van der Waals surface area contributed by atoms with E-state index in [1.807, 2.05) is 6.07 Å². The summed E-state index contributed by atoms with van der Waals surface area (Å²) < 4.78 is 26.7. The second-order valence-corrected chi connectivity index (χ2v) is 7.14. The number of hydrogen-bond acceptors (Lipinski definition) is 4. The molecule has 2 aromatic rings. The first-order valence-corrected chi connectivity index (χ1v) is 8.46. The molecule has 0 radical (unpaired) electrons. The summed E-state index contributed by atoms with van der Waals surface area (Å²) in [5.41, 5.74) is 1.40. The molecular formula is C16H18N2O4S. The number of aromatic nitrogens is 1. The molecule has 23 heavy (non-hydrogen) atoms. The second-order valence-electron chi connectivity index (χ2n) is 5.25. The van der Waals surface area contributed by atoms with Crippen LogP contribution in [0.25, 0.3) is 0 Å². The third kappa shape index (κ3) is 3.94. The van der Waals surface area contributed by atoms with Crippen molar-refractivity contribution in [3.05, 3.63) is 59.9 Å². The fourth-order valence-electron chi connectivity index (χ4n) is 2.12. The lowest BCUT2D eigenvalue weighted by molar-refractivity contribution is -0.141. The van der Waals surface area contributed by atoms with Gasteiger partial charge in [-0.25, -0.2) is 8.42 Å². The van der Waals surface area contributed by atoms with Gasteiger partial charge in [-0.05, 0) is 31.0 Å². The summed E-state index contributed by atoms with van der Waals surface area (Å²) in [7, 11) is -3.98. The van der Waals surface area contributed by atoms with Crippen LogP contribution < -0.4 is 0 Å². The zero-order chi connectivity index (χ0) is 17.0. The van der Waals surface area contributed by atoms with Crippen molar-refractivity contribution in [2.24, 2.45) is 0 Å². The van der Waals surface area contributed by atoms with E-state index in [0.29, 0.717) is 11.1 Å². The predicted molar refractivity (Wildman–Crippen MR) is 85.2 cm³/mol. The van der Waals surface area contributed by atoms with E-state index in [9.17, 15) is 18.3 Å². The normalized spacial score (nSPS) is 13.0. The molecule has 6 nitrogen and oxygen atoms in total. The molecule has 1 atom stereocenters. The van der Waals surface area contributed by atoms with Crippen LogP contribution in [0.15, 0.2) is 53.7 Å². The number of rotatable bonds is 6. The van der Waals surface area contributed by atoms with Gasteiger partial charge in [0, 0.05) is 18.9 Å². The lowest BCUT2D eigenvalue weighted by Gasteiger charge is -2.25. The topological polar surface area (TPSA) is 87.6 Å². The molecule has 0 aliphatic carbocycles. The average Bonchev–Trinajstić information content (AvgIpc) is 2.52. The molecule has 1 aromatic heterocycles. The molecule has 7 heteroatoms. The van der Waals surface area contributed by atoms with Gasteiger partial charge in [-0.1, -0.05) is 30.3 Å². The molecule has 0 saturated heterocycles. The molecule has 1 heterocycles. The monoisotopic (exact) mass is 334 g/mol. The SMILES string of the molecule is Cc1cncc(S(=O)(=O)N(Cc2ccccc2)C(C)C(=O)O)c1. The summed E-state index contributed by atoms with van der Waals surface area (Å²) in [5.74, 6) is -1.20. The van der Waals surface area contributed by atoms with Crippen LogP contribution in [0.5, 0.6) is 0 Å². The van der Waals surface area contributed by atoms with E-state index >= 15 is 0 Å². The molecule has 0 fully saturated rings.